The molecule has 3 heteroatoms. The van der Waals surface area contributed by atoms with Crippen LogP contribution in [-0.2, 0) is 12.5 Å². The second-order valence-electron chi connectivity index (χ2n) is 5.57. The minimum atomic E-state index is 0.284. The van der Waals surface area contributed by atoms with Gasteiger partial charge in [0.25, 0.3) is 0 Å². The monoisotopic (exact) mass is 221 g/mol. The molecule has 0 radical (unpaired) electrons. The van der Waals surface area contributed by atoms with Gasteiger partial charge in [-0.25, -0.2) is 0 Å². The lowest BCUT2D eigenvalue weighted by Gasteiger charge is -2.40. The van der Waals surface area contributed by atoms with E-state index in [1.807, 2.05) is 11.7 Å². The van der Waals surface area contributed by atoms with Crippen molar-refractivity contribution in [2.24, 2.45) is 7.05 Å². The summed E-state index contributed by atoms with van der Waals surface area (Å²) >= 11 is 0. The number of likely N-dealkylation sites (tertiary alicyclic amines) is 1. The van der Waals surface area contributed by atoms with E-state index in [2.05, 4.69) is 43.0 Å². The van der Waals surface area contributed by atoms with E-state index in [0.29, 0.717) is 6.04 Å². The quantitative estimate of drug-likeness (QED) is 0.763. The molecule has 1 fully saturated rings. The standard InChI is InChI=1S/C13H23N3/c1-11(2)16-9-6-13(3,7-10-16)12-5-8-15(4)14-12/h5,8,11H,6-7,9-10H2,1-4H3. The lowest BCUT2D eigenvalue weighted by atomic mass is 9.77. The van der Waals surface area contributed by atoms with Crippen LogP contribution in [0.1, 0.15) is 39.3 Å². The van der Waals surface area contributed by atoms with Crippen molar-refractivity contribution >= 4 is 0 Å². The number of hydrogen-bond acceptors (Lipinski definition) is 2. The van der Waals surface area contributed by atoms with Crippen LogP contribution >= 0.6 is 0 Å². The normalized spacial score (nSPS) is 21.6. The third-order valence-electron chi connectivity index (χ3n) is 3.96. The SMILES string of the molecule is CC(C)N1CCC(C)(c2ccn(C)n2)CC1. The van der Waals surface area contributed by atoms with Gasteiger partial charge >= 0.3 is 0 Å². The van der Waals surface area contributed by atoms with Gasteiger partial charge in [-0.15, -0.1) is 0 Å². The van der Waals surface area contributed by atoms with Gasteiger partial charge in [0.2, 0.25) is 0 Å². The molecule has 16 heavy (non-hydrogen) atoms. The molecule has 2 rings (SSSR count). The Morgan fingerprint density at radius 2 is 1.94 bits per heavy atom. The number of nitrogens with zero attached hydrogens (tertiary/aromatic N) is 3. The van der Waals surface area contributed by atoms with Crippen molar-refractivity contribution in [1.82, 2.24) is 14.7 Å². The predicted molar refractivity (Wildman–Crippen MR) is 66.5 cm³/mol. The van der Waals surface area contributed by atoms with Gasteiger partial charge in [0.15, 0.2) is 0 Å². The van der Waals surface area contributed by atoms with Crippen LogP contribution in [0.15, 0.2) is 12.3 Å². The number of aryl methyl sites for hydroxylation is 1. The van der Waals surface area contributed by atoms with Gasteiger partial charge in [0.05, 0.1) is 5.69 Å². The first-order chi connectivity index (χ1) is 7.51. The van der Waals surface area contributed by atoms with E-state index >= 15 is 0 Å². The molecule has 1 aliphatic heterocycles. The van der Waals surface area contributed by atoms with E-state index in [1.54, 1.807) is 0 Å². The second-order valence-corrected chi connectivity index (χ2v) is 5.57. The molecule has 1 saturated heterocycles. The van der Waals surface area contributed by atoms with Crippen molar-refractivity contribution in [2.75, 3.05) is 13.1 Å². The molecule has 1 aliphatic rings. The van der Waals surface area contributed by atoms with E-state index in [9.17, 15) is 0 Å². The fourth-order valence-corrected chi connectivity index (χ4v) is 2.53. The van der Waals surface area contributed by atoms with E-state index in [-0.39, 0.29) is 5.41 Å². The zero-order chi connectivity index (χ0) is 11.8. The van der Waals surface area contributed by atoms with E-state index in [0.717, 1.165) is 0 Å². The van der Waals surface area contributed by atoms with E-state index < -0.39 is 0 Å². The molecule has 2 heterocycles. The van der Waals surface area contributed by atoms with Crippen LogP contribution in [0, 0.1) is 0 Å². The van der Waals surface area contributed by atoms with Gasteiger partial charge in [0, 0.05) is 24.7 Å². The minimum Gasteiger partial charge on any atom is -0.301 e. The summed E-state index contributed by atoms with van der Waals surface area (Å²) in [7, 11) is 2.00. The Bertz CT molecular complexity index is 346. The third kappa shape index (κ3) is 2.14. The Morgan fingerprint density at radius 3 is 2.38 bits per heavy atom. The Kier molecular flexibility index (Phi) is 3.06. The molecule has 1 aromatic heterocycles. The van der Waals surface area contributed by atoms with Gasteiger partial charge in [0.1, 0.15) is 0 Å². The fraction of sp³-hybridized carbons (Fsp3) is 0.769. The largest absolute Gasteiger partial charge is 0.301 e. The molecule has 0 aromatic carbocycles. The molecule has 0 spiro atoms. The average Bonchev–Trinajstić information content (AvgIpc) is 2.66. The summed E-state index contributed by atoms with van der Waals surface area (Å²) in [5, 5.41) is 4.57. The number of piperidine rings is 1. The van der Waals surface area contributed by atoms with Crippen molar-refractivity contribution in [3.05, 3.63) is 18.0 Å². The van der Waals surface area contributed by atoms with Crippen molar-refractivity contribution in [3.8, 4) is 0 Å². The summed E-state index contributed by atoms with van der Waals surface area (Å²) in [5.41, 5.74) is 1.55. The van der Waals surface area contributed by atoms with Crippen molar-refractivity contribution in [1.29, 1.82) is 0 Å². The fourth-order valence-electron chi connectivity index (χ4n) is 2.53. The molecule has 0 amide bonds. The molecular formula is C13H23N3. The maximum atomic E-state index is 4.57. The highest BCUT2D eigenvalue weighted by Gasteiger charge is 2.34. The molecule has 0 unspecified atom stereocenters. The molecule has 1 aromatic rings. The van der Waals surface area contributed by atoms with E-state index in [1.165, 1.54) is 31.6 Å². The average molecular weight is 221 g/mol. The Balaban J connectivity index is 2.06. The lowest BCUT2D eigenvalue weighted by Crippen LogP contribution is -2.44. The van der Waals surface area contributed by atoms with Gasteiger partial charge < -0.3 is 4.90 Å². The highest BCUT2D eigenvalue weighted by molar-refractivity contribution is 5.15. The predicted octanol–water partition coefficient (Wildman–Crippen LogP) is 2.18. The minimum absolute atomic E-state index is 0.284. The summed E-state index contributed by atoms with van der Waals surface area (Å²) in [5.74, 6) is 0. The molecule has 0 bridgehead atoms. The van der Waals surface area contributed by atoms with Crippen LogP contribution in [0.5, 0.6) is 0 Å². The van der Waals surface area contributed by atoms with Gasteiger partial charge in [-0.05, 0) is 45.8 Å². The van der Waals surface area contributed by atoms with Gasteiger partial charge in [-0.2, -0.15) is 5.10 Å². The number of hydrogen-bond donors (Lipinski definition) is 0. The summed E-state index contributed by atoms with van der Waals surface area (Å²) in [6.07, 6.45) is 4.50. The molecule has 3 nitrogen and oxygen atoms in total. The van der Waals surface area contributed by atoms with Crippen LogP contribution < -0.4 is 0 Å². The molecule has 0 atom stereocenters. The first-order valence-electron chi connectivity index (χ1n) is 6.25. The first kappa shape index (κ1) is 11.6. The maximum Gasteiger partial charge on any atom is 0.0684 e. The van der Waals surface area contributed by atoms with Crippen LogP contribution in [-0.4, -0.2) is 33.8 Å². The maximum absolute atomic E-state index is 4.57. The van der Waals surface area contributed by atoms with Crippen LogP contribution in [0.3, 0.4) is 0 Å². The summed E-state index contributed by atoms with van der Waals surface area (Å²) in [6.45, 7) is 9.31. The van der Waals surface area contributed by atoms with Crippen molar-refractivity contribution < 1.29 is 0 Å². The number of rotatable bonds is 2. The zero-order valence-electron chi connectivity index (χ0n) is 10.9. The van der Waals surface area contributed by atoms with Gasteiger partial charge in [-0.3, -0.25) is 4.68 Å². The number of aromatic nitrogens is 2. The van der Waals surface area contributed by atoms with Crippen LogP contribution in [0.2, 0.25) is 0 Å². The second kappa shape index (κ2) is 4.21. The summed E-state index contributed by atoms with van der Waals surface area (Å²) in [6, 6.07) is 2.85. The zero-order valence-corrected chi connectivity index (χ0v) is 10.9. The summed E-state index contributed by atoms with van der Waals surface area (Å²) < 4.78 is 1.91. The molecule has 0 saturated carbocycles. The molecule has 90 valence electrons. The van der Waals surface area contributed by atoms with Crippen LogP contribution in [0.25, 0.3) is 0 Å². The first-order valence-corrected chi connectivity index (χ1v) is 6.25. The highest BCUT2D eigenvalue weighted by Crippen LogP contribution is 2.34. The van der Waals surface area contributed by atoms with E-state index in [4.69, 9.17) is 0 Å². The highest BCUT2D eigenvalue weighted by atomic mass is 15.3. The van der Waals surface area contributed by atoms with Gasteiger partial charge in [-0.1, -0.05) is 6.92 Å². The van der Waals surface area contributed by atoms with Crippen molar-refractivity contribution in [2.45, 2.75) is 45.1 Å². The third-order valence-corrected chi connectivity index (χ3v) is 3.96. The topological polar surface area (TPSA) is 21.1 Å². The Hall–Kier alpha value is -0.830. The Morgan fingerprint density at radius 1 is 1.31 bits per heavy atom. The molecule has 0 aliphatic carbocycles. The molecular weight excluding hydrogens is 198 g/mol. The smallest absolute Gasteiger partial charge is 0.0684 e. The van der Waals surface area contributed by atoms with Crippen molar-refractivity contribution in [3.63, 3.8) is 0 Å². The molecule has 0 N–H and O–H groups in total. The van der Waals surface area contributed by atoms with Crippen LogP contribution in [0.4, 0.5) is 0 Å². The lowest BCUT2D eigenvalue weighted by molar-refractivity contribution is 0.135. The Labute approximate surface area is 98.4 Å². The summed E-state index contributed by atoms with van der Waals surface area (Å²) in [4.78, 5) is 2.56.